The van der Waals surface area contributed by atoms with Gasteiger partial charge in [-0.3, -0.25) is 4.57 Å². The quantitative estimate of drug-likeness (QED) is 0.462. The molecule has 2 nitrogen and oxygen atoms in total. The molecule has 0 radical (unpaired) electrons. The van der Waals surface area contributed by atoms with Gasteiger partial charge in [0.25, 0.3) is 0 Å². The van der Waals surface area contributed by atoms with E-state index in [4.69, 9.17) is 0 Å². The number of unbranched alkanes of at least 4 members (excludes halogenated alkanes) is 6. The zero-order valence-corrected chi connectivity index (χ0v) is 9.11. The minimum atomic E-state index is 0. The van der Waals surface area contributed by atoms with Gasteiger partial charge < -0.3 is 6.15 Å². The van der Waals surface area contributed by atoms with Crippen molar-refractivity contribution in [3.63, 3.8) is 0 Å². The molecule has 0 saturated heterocycles. The zero-order chi connectivity index (χ0) is 8.36. The van der Waals surface area contributed by atoms with Crippen LogP contribution in [0.25, 0.3) is 0 Å². The fraction of sp³-hybridized carbons (Fsp3) is 1.00. The van der Waals surface area contributed by atoms with E-state index in [0.717, 1.165) is 12.6 Å². The van der Waals surface area contributed by atoms with Crippen LogP contribution < -0.4 is 6.15 Å². The Morgan fingerprint density at radius 2 is 1.42 bits per heavy atom. The highest BCUT2D eigenvalue weighted by Gasteiger charge is 1.89. The molecule has 0 rings (SSSR count). The molecule has 0 aromatic heterocycles. The number of hydrogen-bond acceptors (Lipinski definition) is 2. The van der Waals surface area contributed by atoms with Crippen LogP contribution >= 0.6 is 8.46 Å². The van der Waals surface area contributed by atoms with Crippen LogP contribution in [-0.4, -0.2) is 6.16 Å². The molecule has 12 heavy (non-hydrogen) atoms. The van der Waals surface area contributed by atoms with Gasteiger partial charge in [-0.25, -0.2) is 0 Å². The van der Waals surface area contributed by atoms with E-state index >= 15 is 0 Å². The molecule has 74 valence electrons. The van der Waals surface area contributed by atoms with Crippen LogP contribution in [0.1, 0.15) is 51.9 Å². The summed E-state index contributed by atoms with van der Waals surface area (Å²) in [5, 5.41) is 0. The maximum atomic E-state index is 10.0. The van der Waals surface area contributed by atoms with Gasteiger partial charge in [0.2, 0.25) is 0 Å². The van der Waals surface area contributed by atoms with Crippen LogP contribution in [0.5, 0.6) is 0 Å². The van der Waals surface area contributed by atoms with Crippen LogP contribution in [0, 0.1) is 0 Å². The molecule has 0 aliphatic rings. The topological polar surface area (TPSA) is 52.1 Å². The van der Waals surface area contributed by atoms with E-state index in [1.165, 1.54) is 38.5 Å². The highest BCUT2D eigenvalue weighted by atomic mass is 31.1. The van der Waals surface area contributed by atoms with Crippen LogP contribution in [0.4, 0.5) is 0 Å². The Morgan fingerprint density at radius 3 is 1.92 bits per heavy atom. The van der Waals surface area contributed by atoms with Gasteiger partial charge in [0.05, 0.1) is 0 Å². The first-order valence-corrected chi connectivity index (χ1v) is 5.70. The Labute approximate surface area is 77.9 Å². The van der Waals surface area contributed by atoms with Gasteiger partial charge in [-0.15, -0.1) is 0 Å². The van der Waals surface area contributed by atoms with Crippen molar-refractivity contribution in [2.24, 2.45) is 0 Å². The summed E-state index contributed by atoms with van der Waals surface area (Å²) in [4.78, 5) is 0. The third-order valence-electron chi connectivity index (χ3n) is 1.85. The Kier molecular flexibility index (Phi) is 16.6. The van der Waals surface area contributed by atoms with Crippen LogP contribution in [0.15, 0.2) is 0 Å². The minimum Gasteiger partial charge on any atom is -0.344 e. The highest BCUT2D eigenvalue weighted by Crippen LogP contribution is 2.08. The van der Waals surface area contributed by atoms with Crippen molar-refractivity contribution in [3.05, 3.63) is 0 Å². The van der Waals surface area contributed by atoms with Crippen molar-refractivity contribution in [2.75, 3.05) is 6.16 Å². The van der Waals surface area contributed by atoms with E-state index in [1.807, 2.05) is 0 Å². The Balaban J connectivity index is 0. The summed E-state index contributed by atoms with van der Waals surface area (Å²) in [7, 11) is 0.320. The predicted molar refractivity (Wildman–Crippen MR) is 55.5 cm³/mol. The molecule has 3 N–H and O–H groups in total. The summed E-state index contributed by atoms with van der Waals surface area (Å²) in [6.45, 7) is 2.23. The third-order valence-corrected chi connectivity index (χ3v) is 2.35. The molecular weight excluding hydrogens is 169 g/mol. The van der Waals surface area contributed by atoms with Crippen molar-refractivity contribution in [3.8, 4) is 0 Å². The average Bonchev–Trinajstić information content (AvgIpc) is 2.03. The van der Waals surface area contributed by atoms with Gasteiger partial charge in [-0.1, -0.05) is 45.4 Å². The summed E-state index contributed by atoms with van der Waals surface area (Å²) in [5.74, 6) is 0. The van der Waals surface area contributed by atoms with E-state index in [9.17, 15) is 4.57 Å². The van der Waals surface area contributed by atoms with E-state index in [0.29, 0.717) is 8.46 Å². The molecule has 0 atom stereocenters. The Bertz CT molecular complexity index is 88.6. The lowest BCUT2D eigenvalue weighted by atomic mass is 10.1. The van der Waals surface area contributed by atoms with Crippen molar-refractivity contribution in [1.82, 2.24) is 6.15 Å². The Hall–Kier alpha value is 0.0600. The lowest BCUT2D eigenvalue weighted by Crippen LogP contribution is -1.79. The van der Waals surface area contributed by atoms with Gasteiger partial charge in [-0.2, -0.15) is 0 Å². The third kappa shape index (κ3) is 12.7. The van der Waals surface area contributed by atoms with Crippen LogP contribution in [-0.2, 0) is 4.57 Å². The second-order valence-corrected chi connectivity index (χ2v) is 3.68. The van der Waals surface area contributed by atoms with E-state index in [1.54, 1.807) is 0 Å². The van der Waals surface area contributed by atoms with Gasteiger partial charge in [0.1, 0.15) is 0 Å². The van der Waals surface area contributed by atoms with E-state index in [2.05, 4.69) is 6.92 Å². The van der Waals surface area contributed by atoms with E-state index < -0.39 is 0 Å². The first kappa shape index (κ1) is 14.6. The van der Waals surface area contributed by atoms with E-state index in [-0.39, 0.29) is 6.15 Å². The molecule has 0 aromatic rings. The molecule has 0 spiro atoms. The maximum absolute atomic E-state index is 10.0. The SMILES string of the molecule is CCCCCCCCCP=O.N. The molecule has 0 aliphatic carbocycles. The first-order valence-electron chi connectivity index (χ1n) is 4.71. The molecule has 0 aliphatic heterocycles. The summed E-state index contributed by atoms with van der Waals surface area (Å²) < 4.78 is 10.0. The van der Waals surface area contributed by atoms with Gasteiger partial charge in [-0.05, 0) is 6.42 Å². The summed E-state index contributed by atoms with van der Waals surface area (Å²) in [5.41, 5.74) is 0. The lowest BCUT2D eigenvalue weighted by Gasteiger charge is -1.97. The monoisotopic (exact) mass is 191 g/mol. The molecule has 0 aromatic carbocycles. The second kappa shape index (κ2) is 13.6. The predicted octanol–water partition coefficient (Wildman–Crippen LogP) is 4.19. The molecule has 0 amide bonds. The van der Waals surface area contributed by atoms with Gasteiger partial charge in [0.15, 0.2) is 8.46 Å². The summed E-state index contributed by atoms with van der Waals surface area (Å²) in [6.07, 6.45) is 10.0. The van der Waals surface area contributed by atoms with Gasteiger partial charge >= 0.3 is 0 Å². The molecule has 0 saturated carbocycles. The van der Waals surface area contributed by atoms with Crippen LogP contribution in [0.2, 0.25) is 0 Å². The summed E-state index contributed by atoms with van der Waals surface area (Å²) >= 11 is 0. The second-order valence-electron chi connectivity index (χ2n) is 2.97. The maximum Gasteiger partial charge on any atom is 0.155 e. The molecule has 3 heteroatoms. The van der Waals surface area contributed by atoms with Crippen molar-refractivity contribution >= 4 is 8.46 Å². The minimum absolute atomic E-state index is 0. The first-order chi connectivity index (χ1) is 5.41. The average molecular weight is 191 g/mol. The molecule has 0 fully saturated rings. The normalized spacial score (nSPS) is 9.75. The van der Waals surface area contributed by atoms with Crippen molar-refractivity contribution < 1.29 is 4.57 Å². The zero-order valence-electron chi connectivity index (χ0n) is 8.22. The fourth-order valence-electron chi connectivity index (χ4n) is 1.13. The standard InChI is InChI=1S/C9H19OP.H3N/c1-2-3-4-5-6-7-8-9-11-10;/h2-9H2,1H3;1H3. The largest absolute Gasteiger partial charge is 0.344 e. The Morgan fingerprint density at radius 1 is 0.917 bits per heavy atom. The lowest BCUT2D eigenvalue weighted by molar-refractivity contribution is 0.586. The fourth-order valence-corrected chi connectivity index (χ4v) is 1.49. The van der Waals surface area contributed by atoms with Gasteiger partial charge in [0, 0.05) is 6.16 Å². The molecule has 0 heterocycles. The number of rotatable bonds is 8. The molecular formula is C9H22NOP. The number of hydrogen-bond donors (Lipinski definition) is 1. The molecule has 0 bridgehead atoms. The summed E-state index contributed by atoms with van der Waals surface area (Å²) in [6, 6.07) is 0. The molecule has 0 unspecified atom stereocenters. The smallest absolute Gasteiger partial charge is 0.155 e. The highest BCUT2D eigenvalue weighted by molar-refractivity contribution is 7.23. The van der Waals surface area contributed by atoms with Crippen LogP contribution in [0.3, 0.4) is 0 Å². The van der Waals surface area contributed by atoms with Crippen molar-refractivity contribution in [1.29, 1.82) is 0 Å². The van der Waals surface area contributed by atoms with Crippen molar-refractivity contribution in [2.45, 2.75) is 51.9 Å².